The predicted octanol–water partition coefficient (Wildman–Crippen LogP) is 3.84. The van der Waals surface area contributed by atoms with Crippen molar-refractivity contribution < 1.29 is 4.74 Å². The lowest BCUT2D eigenvalue weighted by Crippen LogP contribution is -2.38. The molecule has 2 N–H and O–H groups in total. The van der Waals surface area contributed by atoms with E-state index in [2.05, 4.69) is 55.4 Å². The van der Waals surface area contributed by atoms with Crippen molar-refractivity contribution in [3.8, 4) is 5.75 Å². The van der Waals surface area contributed by atoms with Crippen LogP contribution in [0.25, 0.3) is 0 Å². The summed E-state index contributed by atoms with van der Waals surface area (Å²) in [6, 6.07) is 13.0. The molecule has 0 aliphatic carbocycles. The van der Waals surface area contributed by atoms with Gasteiger partial charge in [-0.25, -0.2) is 0 Å². The van der Waals surface area contributed by atoms with Gasteiger partial charge in [-0.3, -0.25) is 4.90 Å². The summed E-state index contributed by atoms with van der Waals surface area (Å²) in [5.74, 6) is 0.871. The molecule has 1 aromatic carbocycles. The van der Waals surface area contributed by atoms with Crippen LogP contribution < -0.4 is 10.5 Å². The van der Waals surface area contributed by atoms with Gasteiger partial charge in [0.1, 0.15) is 5.75 Å². The number of thiophene rings is 1. The average Bonchev–Trinajstić information content (AvgIpc) is 3.01. The highest BCUT2D eigenvalue weighted by Gasteiger charge is 2.26. The zero-order valence-corrected chi connectivity index (χ0v) is 13.9. The number of methoxy groups -OCH3 is 1. The first-order chi connectivity index (χ1) is 10.0. The smallest absolute Gasteiger partial charge is 0.118 e. The molecule has 3 nitrogen and oxygen atoms in total. The Morgan fingerprint density at radius 3 is 2.29 bits per heavy atom. The molecule has 0 amide bonds. The van der Waals surface area contributed by atoms with Crippen molar-refractivity contribution in [3.05, 3.63) is 52.2 Å². The second-order valence-corrected chi connectivity index (χ2v) is 6.41. The summed E-state index contributed by atoms with van der Waals surface area (Å²) in [6.07, 6.45) is 0. The zero-order chi connectivity index (χ0) is 15.4. The number of hydrogen-bond acceptors (Lipinski definition) is 4. The predicted molar refractivity (Wildman–Crippen MR) is 89.9 cm³/mol. The Labute approximate surface area is 131 Å². The first kappa shape index (κ1) is 16.0. The van der Waals surface area contributed by atoms with Crippen LogP contribution in [0.4, 0.5) is 0 Å². The Morgan fingerprint density at radius 1 is 1.14 bits per heavy atom. The highest BCUT2D eigenvalue weighted by atomic mass is 32.1. The number of nitrogens with two attached hydrogens (primary N) is 1. The third-order valence-electron chi connectivity index (χ3n) is 3.96. The normalized spacial score (nSPS) is 15.7. The van der Waals surface area contributed by atoms with Crippen molar-refractivity contribution in [1.82, 2.24) is 4.90 Å². The highest BCUT2D eigenvalue weighted by Crippen LogP contribution is 2.33. The second kappa shape index (κ2) is 7.07. The first-order valence-electron chi connectivity index (χ1n) is 7.19. The van der Waals surface area contributed by atoms with Crippen LogP contribution in [-0.4, -0.2) is 25.1 Å². The van der Waals surface area contributed by atoms with Gasteiger partial charge in [-0.15, -0.1) is 11.3 Å². The lowest BCUT2D eigenvalue weighted by molar-refractivity contribution is 0.168. The lowest BCUT2D eigenvalue weighted by Gasteiger charge is -2.35. The van der Waals surface area contributed by atoms with E-state index in [-0.39, 0.29) is 12.1 Å². The summed E-state index contributed by atoms with van der Waals surface area (Å²) >= 11 is 1.79. The van der Waals surface area contributed by atoms with Crippen molar-refractivity contribution in [2.75, 3.05) is 14.2 Å². The molecule has 3 unspecified atom stereocenters. The largest absolute Gasteiger partial charge is 0.497 e. The molecule has 2 aromatic rings. The van der Waals surface area contributed by atoms with Gasteiger partial charge < -0.3 is 10.5 Å². The average molecular weight is 304 g/mol. The second-order valence-electron chi connectivity index (χ2n) is 5.43. The van der Waals surface area contributed by atoms with Crippen LogP contribution in [0.3, 0.4) is 0 Å². The van der Waals surface area contributed by atoms with Crippen LogP contribution in [0.5, 0.6) is 5.75 Å². The molecule has 1 heterocycles. The van der Waals surface area contributed by atoms with Crippen LogP contribution in [-0.2, 0) is 0 Å². The fourth-order valence-electron chi connectivity index (χ4n) is 2.68. The van der Waals surface area contributed by atoms with E-state index >= 15 is 0 Å². The molecule has 0 radical (unpaired) electrons. The first-order valence-corrected chi connectivity index (χ1v) is 8.07. The molecule has 114 valence electrons. The summed E-state index contributed by atoms with van der Waals surface area (Å²) in [5.41, 5.74) is 7.48. The Morgan fingerprint density at radius 2 is 1.81 bits per heavy atom. The molecule has 0 bridgehead atoms. The fraction of sp³-hybridized carbons (Fsp3) is 0.412. The maximum absolute atomic E-state index is 6.26. The fourth-order valence-corrected chi connectivity index (χ4v) is 3.52. The van der Waals surface area contributed by atoms with Crippen molar-refractivity contribution in [3.63, 3.8) is 0 Å². The maximum atomic E-state index is 6.26. The van der Waals surface area contributed by atoms with Crippen LogP contribution >= 0.6 is 11.3 Å². The van der Waals surface area contributed by atoms with Crippen molar-refractivity contribution in [2.45, 2.75) is 32.0 Å². The Balaban J connectivity index is 2.25. The molecule has 0 fully saturated rings. The van der Waals surface area contributed by atoms with Gasteiger partial charge in [0.05, 0.1) is 7.11 Å². The van der Waals surface area contributed by atoms with Crippen molar-refractivity contribution in [2.24, 2.45) is 5.73 Å². The van der Waals surface area contributed by atoms with Crippen molar-refractivity contribution >= 4 is 11.3 Å². The van der Waals surface area contributed by atoms with E-state index in [0.717, 1.165) is 5.75 Å². The van der Waals surface area contributed by atoms with Crippen molar-refractivity contribution in [1.29, 1.82) is 0 Å². The van der Waals surface area contributed by atoms with Gasteiger partial charge in [-0.1, -0.05) is 18.2 Å². The summed E-state index contributed by atoms with van der Waals surface area (Å²) in [4.78, 5) is 3.70. The van der Waals surface area contributed by atoms with Crippen LogP contribution in [0, 0.1) is 0 Å². The van der Waals surface area contributed by atoms with E-state index in [0.29, 0.717) is 6.04 Å². The number of ether oxygens (including phenoxy) is 1. The molecule has 0 spiro atoms. The Hall–Kier alpha value is -1.36. The zero-order valence-electron chi connectivity index (χ0n) is 13.1. The Kier molecular flexibility index (Phi) is 5.39. The summed E-state index contributed by atoms with van der Waals surface area (Å²) in [7, 11) is 3.83. The van der Waals surface area contributed by atoms with Crippen LogP contribution in [0.15, 0.2) is 41.8 Å². The molecule has 1 aromatic heterocycles. The molecule has 4 heteroatoms. The van der Waals surface area contributed by atoms with E-state index in [4.69, 9.17) is 10.5 Å². The van der Waals surface area contributed by atoms with Gasteiger partial charge in [-0.05, 0) is 50.0 Å². The minimum absolute atomic E-state index is 0.0470. The molecule has 0 aliphatic rings. The van der Waals surface area contributed by atoms with E-state index in [9.17, 15) is 0 Å². The lowest BCUT2D eigenvalue weighted by atomic mass is 9.98. The number of nitrogens with zero attached hydrogens (tertiary/aromatic N) is 1. The van der Waals surface area contributed by atoms with Gasteiger partial charge in [-0.2, -0.15) is 0 Å². The van der Waals surface area contributed by atoms with Gasteiger partial charge in [0.25, 0.3) is 0 Å². The third-order valence-corrected chi connectivity index (χ3v) is 5.00. The third kappa shape index (κ3) is 3.64. The molecule has 2 rings (SSSR count). The number of rotatable bonds is 6. The number of hydrogen-bond donors (Lipinski definition) is 1. The standard InChI is InChI=1S/C17H24N2OS/c1-12(18)17(14-7-9-15(20-4)10-8-14)19(3)13(2)16-6-5-11-21-16/h5-13,17H,18H2,1-4H3. The van der Waals surface area contributed by atoms with Gasteiger partial charge in [0, 0.05) is 23.0 Å². The molecular formula is C17H24N2OS. The molecule has 0 saturated carbocycles. The van der Waals surface area contributed by atoms with Gasteiger partial charge >= 0.3 is 0 Å². The maximum Gasteiger partial charge on any atom is 0.118 e. The van der Waals surface area contributed by atoms with Gasteiger partial charge in [0.15, 0.2) is 0 Å². The molecule has 0 aliphatic heterocycles. The Bertz CT molecular complexity index is 536. The van der Waals surface area contributed by atoms with E-state index in [1.807, 2.05) is 12.1 Å². The summed E-state index contributed by atoms with van der Waals surface area (Å²) in [6.45, 7) is 4.29. The van der Waals surface area contributed by atoms with Gasteiger partial charge in [0.2, 0.25) is 0 Å². The topological polar surface area (TPSA) is 38.5 Å². The monoisotopic (exact) mass is 304 g/mol. The van der Waals surface area contributed by atoms with Crippen LogP contribution in [0.1, 0.15) is 36.4 Å². The molecule has 0 saturated heterocycles. The van der Waals surface area contributed by atoms with E-state index in [1.165, 1.54) is 10.4 Å². The quantitative estimate of drug-likeness (QED) is 0.881. The molecule has 21 heavy (non-hydrogen) atoms. The van der Waals surface area contributed by atoms with E-state index in [1.54, 1.807) is 18.4 Å². The minimum Gasteiger partial charge on any atom is -0.497 e. The SMILES string of the molecule is COc1ccc(C(C(C)N)N(C)C(C)c2cccs2)cc1. The van der Waals surface area contributed by atoms with E-state index < -0.39 is 0 Å². The minimum atomic E-state index is 0.0470. The molecule has 3 atom stereocenters. The van der Waals surface area contributed by atoms with Crippen LogP contribution in [0.2, 0.25) is 0 Å². The number of benzene rings is 1. The number of likely N-dealkylation sites (N-methyl/N-ethyl adjacent to an activating group) is 1. The summed E-state index contributed by atoms with van der Waals surface area (Å²) in [5, 5.41) is 2.12. The highest BCUT2D eigenvalue weighted by molar-refractivity contribution is 7.10. The molecular weight excluding hydrogens is 280 g/mol. The summed E-state index contributed by atoms with van der Waals surface area (Å²) < 4.78 is 5.23.